The summed E-state index contributed by atoms with van der Waals surface area (Å²) in [7, 11) is 3.41. The lowest BCUT2D eigenvalue weighted by atomic mass is 10.2. The summed E-state index contributed by atoms with van der Waals surface area (Å²) in [5, 5.41) is 3.33. The van der Waals surface area contributed by atoms with E-state index in [-0.39, 0.29) is 17.8 Å². The van der Waals surface area contributed by atoms with Crippen molar-refractivity contribution in [2.24, 2.45) is 0 Å². The van der Waals surface area contributed by atoms with Crippen LogP contribution in [0.4, 0.5) is 16.0 Å². The monoisotopic (exact) mass is 329 g/mol. The minimum absolute atomic E-state index is 0.0771. The summed E-state index contributed by atoms with van der Waals surface area (Å²) < 4.78 is 13.8. The van der Waals surface area contributed by atoms with E-state index in [2.05, 4.69) is 15.3 Å². The molecule has 1 N–H and O–H groups in total. The Bertz CT molecular complexity index is 719. The van der Waals surface area contributed by atoms with Gasteiger partial charge in [-0.05, 0) is 30.7 Å². The number of halogens is 1. The molecule has 1 aliphatic heterocycles. The molecule has 6 nitrogen and oxygen atoms in total. The van der Waals surface area contributed by atoms with Crippen molar-refractivity contribution in [3.05, 3.63) is 48.0 Å². The summed E-state index contributed by atoms with van der Waals surface area (Å²) in [5.41, 5.74) is 0.550. The number of hydrogen-bond donors (Lipinski definition) is 1. The van der Waals surface area contributed by atoms with Crippen LogP contribution in [0.25, 0.3) is 0 Å². The number of hydrogen-bond acceptors (Lipinski definition) is 5. The van der Waals surface area contributed by atoms with E-state index in [0.29, 0.717) is 23.7 Å². The Morgan fingerprint density at radius 3 is 2.83 bits per heavy atom. The lowest BCUT2D eigenvalue weighted by Gasteiger charge is -2.18. The van der Waals surface area contributed by atoms with Gasteiger partial charge < -0.3 is 15.1 Å². The largest absolute Gasteiger partial charge is 0.365 e. The van der Waals surface area contributed by atoms with Crippen LogP contribution in [0.3, 0.4) is 0 Å². The number of nitrogens with one attached hydrogen (secondary N) is 1. The summed E-state index contributed by atoms with van der Waals surface area (Å²) in [6.07, 6.45) is 4.03. The first-order valence-electron chi connectivity index (χ1n) is 7.84. The SMILES string of the molecule is CN(C)C(=O)c1ccc(NC2CCN(c3ncccc3F)C2)nc1. The van der Waals surface area contributed by atoms with Crippen molar-refractivity contribution >= 4 is 17.5 Å². The van der Waals surface area contributed by atoms with Crippen LogP contribution in [0, 0.1) is 5.82 Å². The normalized spacial score (nSPS) is 17.0. The van der Waals surface area contributed by atoms with Gasteiger partial charge in [-0.15, -0.1) is 0 Å². The molecule has 7 heteroatoms. The zero-order chi connectivity index (χ0) is 17.1. The van der Waals surface area contributed by atoms with E-state index in [1.165, 1.54) is 11.0 Å². The third kappa shape index (κ3) is 3.45. The van der Waals surface area contributed by atoms with Crippen molar-refractivity contribution < 1.29 is 9.18 Å². The number of aromatic nitrogens is 2. The molecule has 24 heavy (non-hydrogen) atoms. The van der Waals surface area contributed by atoms with Crippen molar-refractivity contribution in [2.75, 3.05) is 37.4 Å². The third-order valence-electron chi connectivity index (χ3n) is 4.00. The molecular weight excluding hydrogens is 309 g/mol. The van der Waals surface area contributed by atoms with Crippen molar-refractivity contribution in [1.29, 1.82) is 0 Å². The van der Waals surface area contributed by atoms with E-state index in [0.717, 1.165) is 13.0 Å². The highest BCUT2D eigenvalue weighted by Gasteiger charge is 2.25. The summed E-state index contributed by atoms with van der Waals surface area (Å²) in [5.74, 6) is 0.717. The number of carbonyl (C=O) groups is 1. The summed E-state index contributed by atoms with van der Waals surface area (Å²) in [6.45, 7) is 1.40. The van der Waals surface area contributed by atoms with Crippen molar-refractivity contribution in [3.8, 4) is 0 Å². The summed E-state index contributed by atoms with van der Waals surface area (Å²) >= 11 is 0. The molecule has 3 heterocycles. The predicted octanol–water partition coefficient (Wildman–Crippen LogP) is 2.01. The molecule has 1 saturated heterocycles. The van der Waals surface area contributed by atoms with Crippen LogP contribution in [0.2, 0.25) is 0 Å². The Balaban J connectivity index is 1.62. The molecule has 0 aromatic carbocycles. The van der Waals surface area contributed by atoms with Gasteiger partial charge in [0, 0.05) is 45.6 Å². The standard InChI is InChI=1S/C17H20FN5O/c1-22(2)17(24)12-5-6-15(20-10-12)21-13-7-9-23(11-13)16-14(18)4-3-8-19-16/h3-6,8,10,13H,7,9,11H2,1-2H3,(H,20,21). The Hall–Kier alpha value is -2.70. The van der Waals surface area contributed by atoms with E-state index >= 15 is 0 Å². The van der Waals surface area contributed by atoms with Crippen molar-refractivity contribution in [2.45, 2.75) is 12.5 Å². The van der Waals surface area contributed by atoms with Gasteiger partial charge in [0.1, 0.15) is 5.82 Å². The highest BCUT2D eigenvalue weighted by Crippen LogP contribution is 2.22. The fourth-order valence-corrected chi connectivity index (χ4v) is 2.75. The maximum atomic E-state index is 13.8. The highest BCUT2D eigenvalue weighted by molar-refractivity contribution is 5.93. The van der Waals surface area contributed by atoms with E-state index < -0.39 is 0 Å². The van der Waals surface area contributed by atoms with Crippen LogP contribution in [-0.4, -0.2) is 54.0 Å². The minimum atomic E-state index is -0.303. The average Bonchev–Trinajstić information content (AvgIpc) is 3.03. The van der Waals surface area contributed by atoms with Gasteiger partial charge in [-0.2, -0.15) is 0 Å². The van der Waals surface area contributed by atoms with Gasteiger partial charge in [0.15, 0.2) is 11.6 Å². The van der Waals surface area contributed by atoms with Crippen LogP contribution in [-0.2, 0) is 0 Å². The molecule has 1 fully saturated rings. The molecule has 2 aromatic rings. The van der Waals surface area contributed by atoms with E-state index in [1.807, 2.05) is 4.90 Å². The Kier molecular flexibility index (Phi) is 4.59. The van der Waals surface area contributed by atoms with Crippen molar-refractivity contribution in [3.63, 3.8) is 0 Å². The average molecular weight is 329 g/mol. The van der Waals surface area contributed by atoms with Crippen LogP contribution in [0.1, 0.15) is 16.8 Å². The minimum Gasteiger partial charge on any atom is -0.365 e. The molecule has 1 atom stereocenters. The van der Waals surface area contributed by atoms with Crippen molar-refractivity contribution in [1.82, 2.24) is 14.9 Å². The van der Waals surface area contributed by atoms with Gasteiger partial charge in [0.2, 0.25) is 0 Å². The second kappa shape index (κ2) is 6.82. The Morgan fingerprint density at radius 2 is 2.17 bits per heavy atom. The number of pyridine rings is 2. The van der Waals surface area contributed by atoms with E-state index in [4.69, 9.17) is 0 Å². The van der Waals surface area contributed by atoms with E-state index in [1.54, 1.807) is 44.7 Å². The Morgan fingerprint density at radius 1 is 1.33 bits per heavy atom. The molecule has 126 valence electrons. The van der Waals surface area contributed by atoms with Gasteiger partial charge in [0.25, 0.3) is 5.91 Å². The van der Waals surface area contributed by atoms with Gasteiger partial charge >= 0.3 is 0 Å². The number of carbonyl (C=O) groups excluding carboxylic acids is 1. The van der Waals surface area contributed by atoms with Gasteiger partial charge in [-0.3, -0.25) is 4.79 Å². The zero-order valence-corrected chi connectivity index (χ0v) is 13.7. The molecule has 0 bridgehead atoms. The number of amides is 1. The molecule has 0 saturated carbocycles. The molecule has 0 aliphatic carbocycles. The molecular formula is C17H20FN5O. The Labute approximate surface area is 140 Å². The molecule has 1 unspecified atom stereocenters. The molecule has 2 aromatic heterocycles. The van der Waals surface area contributed by atoms with Gasteiger partial charge in [-0.1, -0.05) is 0 Å². The van der Waals surface area contributed by atoms with Gasteiger partial charge in [-0.25, -0.2) is 14.4 Å². The fraction of sp³-hybridized carbons (Fsp3) is 0.353. The molecule has 1 aliphatic rings. The number of rotatable bonds is 4. The third-order valence-corrected chi connectivity index (χ3v) is 4.00. The topological polar surface area (TPSA) is 61.4 Å². The molecule has 0 radical (unpaired) electrons. The smallest absolute Gasteiger partial charge is 0.254 e. The maximum absolute atomic E-state index is 13.8. The summed E-state index contributed by atoms with van der Waals surface area (Å²) in [6, 6.07) is 6.72. The quantitative estimate of drug-likeness (QED) is 0.930. The van der Waals surface area contributed by atoms with Crippen LogP contribution >= 0.6 is 0 Å². The molecule has 3 rings (SSSR count). The lowest BCUT2D eigenvalue weighted by Crippen LogP contribution is -2.27. The number of nitrogens with zero attached hydrogens (tertiary/aromatic N) is 4. The first kappa shape index (κ1) is 16.2. The van der Waals surface area contributed by atoms with E-state index in [9.17, 15) is 9.18 Å². The highest BCUT2D eigenvalue weighted by atomic mass is 19.1. The zero-order valence-electron chi connectivity index (χ0n) is 13.7. The molecule has 0 spiro atoms. The second-order valence-corrected chi connectivity index (χ2v) is 6.02. The lowest BCUT2D eigenvalue weighted by molar-refractivity contribution is 0.0827. The maximum Gasteiger partial charge on any atom is 0.254 e. The molecule has 1 amide bonds. The van der Waals surface area contributed by atoms with Crippen LogP contribution in [0.15, 0.2) is 36.7 Å². The summed E-state index contributed by atoms with van der Waals surface area (Å²) in [4.78, 5) is 23.7. The first-order valence-corrected chi connectivity index (χ1v) is 7.84. The second-order valence-electron chi connectivity index (χ2n) is 6.02. The predicted molar refractivity (Wildman–Crippen MR) is 90.7 cm³/mol. The van der Waals surface area contributed by atoms with Crippen LogP contribution < -0.4 is 10.2 Å². The first-order chi connectivity index (χ1) is 11.5. The fourth-order valence-electron chi connectivity index (χ4n) is 2.75. The van der Waals surface area contributed by atoms with Crippen LogP contribution in [0.5, 0.6) is 0 Å². The number of anilines is 2. The van der Waals surface area contributed by atoms with Gasteiger partial charge in [0.05, 0.1) is 5.56 Å².